The van der Waals surface area contributed by atoms with Gasteiger partial charge in [-0.15, -0.1) is 5.10 Å². The van der Waals surface area contributed by atoms with Crippen molar-refractivity contribution in [3.8, 4) is 0 Å². The van der Waals surface area contributed by atoms with E-state index in [1.165, 1.54) is 42.4 Å². The number of hydrogen-bond donors (Lipinski definition) is 4. The summed E-state index contributed by atoms with van der Waals surface area (Å²) in [6, 6.07) is 6.60. The number of carbonyl (C=O) groups is 1. The molecule has 2 saturated carbocycles. The quantitative estimate of drug-likeness (QED) is 0.368. The lowest BCUT2D eigenvalue weighted by molar-refractivity contribution is -0.136. The summed E-state index contributed by atoms with van der Waals surface area (Å²) < 4.78 is 1.60. The number of carboxylic acids is 1. The van der Waals surface area contributed by atoms with Gasteiger partial charge in [0.2, 0.25) is 0 Å². The highest BCUT2D eigenvalue weighted by Gasteiger charge is 2.41. The Labute approximate surface area is 200 Å². The van der Waals surface area contributed by atoms with Crippen LogP contribution in [0.3, 0.4) is 0 Å². The van der Waals surface area contributed by atoms with Crippen LogP contribution in [0.15, 0.2) is 18.2 Å². The number of piperidine rings is 1. The van der Waals surface area contributed by atoms with Crippen molar-refractivity contribution in [3.63, 3.8) is 0 Å². The second kappa shape index (κ2) is 10.1. The van der Waals surface area contributed by atoms with Crippen LogP contribution < -0.4 is 10.6 Å². The van der Waals surface area contributed by atoms with E-state index in [1.807, 2.05) is 0 Å². The number of hydrogen-bond acceptors (Lipinski definition) is 7. The molecule has 1 saturated heterocycles. The van der Waals surface area contributed by atoms with Crippen LogP contribution in [0.2, 0.25) is 0 Å². The van der Waals surface area contributed by atoms with Crippen molar-refractivity contribution < 1.29 is 15.0 Å². The third-order valence-corrected chi connectivity index (χ3v) is 7.65. The summed E-state index contributed by atoms with van der Waals surface area (Å²) in [6.07, 6.45) is 7.71. The Morgan fingerprint density at radius 1 is 1.29 bits per heavy atom. The molecule has 3 aliphatic rings. The van der Waals surface area contributed by atoms with E-state index >= 15 is 0 Å². The number of β-amino-alcohol motifs (C(OH)–C–C–N with tert-alkyl or cyclic N) is 1. The Kier molecular flexibility index (Phi) is 6.94. The predicted octanol–water partition coefficient (Wildman–Crippen LogP) is 1.85. The lowest BCUT2D eigenvalue weighted by atomic mass is 9.69. The first-order chi connectivity index (χ1) is 16.5. The molecule has 184 valence electrons. The summed E-state index contributed by atoms with van der Waals surface area (Å²) in [5, 5.41) is 38.3. The summed E-state index contributed by atoms with van der Waals surface area (Å²) in [7, 11) is 0. The highest BCUT2D eigenvalue weighted by atomic mass is 16.4. The number of carboxylic acid groups (broad SMARTS) is 1. The van der Waals surface area contributed by atoms with E-state index in [9.17, 15) is 9.90 Å². The maximum absolute atomic E-state index is 11.1. The number of benzene rings is 1. The van der Waals surface area contributed by atoms with E-state index in [4.69, 9.17) is 5.11 Å². The highest BCUT2D eigenvalue weighted by Crippen LogP contribution is 2.42. The minimum Gasteiger partial charge on any atom is -0.481 e. The number of nitrogens with one attached hydrogen (secondary N) is 2. The van der Waals surface area contributed by atoms with E-state index in [1.54, 1.807) is 4.68 Å². The van der Waals surface area contributed by atoms with Crippen LogP contribution in [0.25, 0.3) is 0 Å². The molecule has 0 amide bonds. The van der Waals surface area contributed by atoms with Crippen molar-refractivity contribution in [1.82, 2.24) is 30.8 Å². The first kappa shape index (κ1) is 23.4. The number of aliphatic carboxylic acids is 1. The Morgan fingerprint density at radius 3 is 2.97 bits per heavy atom. The summed E-state index contributed by atoms with van der Waals surface area (Å²) >= 11 is 0. The van der Waals surface area contributed by atoms with Crippen molar-refractivity contribution in [2.24, 2.45) is 11.8 Å². The third-order valence-electron chi connectivity index (χ3n) is 7.65. The van der Waals surface area contributed by atoms with Crippen molar-refractivity contribution >= 4 is 5.97 Å². The predicted molar refractivity (Wildman–Crippen MR) is 126 cm³/mol. The Balaban J connectivity index is 1.12. The van der Waals surface area contributed by atoms with Gasteiger partial charge in [-0.3, -0.25) is 4.79 Å². The zero-order valence-electron chi connectivity index (χ0n) is 19.7. The van der Waals surface area contributed by atoms with E-state index < -0.39 is 11.6 Å². The Bertz CT molecular complexity index is 1010. The molecule has 1 aromatic heterocycles. The average Bonchev–Trinajstić information content (AvgIpc) is 3.54. The average molecular weight is 469 g/mol. The number of tetrazole rings is 1. The van der Waals surface area contributed by atoms with Crippen LogP contribution in [0.4, 0.5) is 0 Å². The zero-order valence-corrected chi connectivity index (χ0v) is 19.7. The molecular weight excluding hydrogens is 432 g/mol. The van der Waals surface area contributed by atoms with E-state index in [0.717, 1.165) is 45.4 Å². The molecule has 9 nitrogen and oxygen atoms in total. The summed E-state index contributed by atoms with van der Waals surface area (Å²) in [5.41, 5.74) is 3.31. The van der Waals surface area contributed by atoms with Crippen molar-refractivity contribution in [1.29, 1.82) is 0 Å². The second-order valence-electron chi connectivity index (χ2n) is 10.7. The van der Waals surface area contributed by atoms with Gasteiger partial charge in [-0.2, -0.15) is 0 Å². The second-order valence-corrected chi connectivity index (χ2v) is 10.7. The van der Waals surface area contributed by atoms with Gasteiger partial charge in [0.15, 0.2) is 5.82 Å². The number of aliphatic hydroxyl groups is 1. The van der Waals surface area contributed by atoms with Crippen molar-refractivity contribution in [2.45, 2.75) is 76.0 Å². The molecule has 2 aliphatic carbocycles. The van der Waals surface area contributed by atoms with Gasteiger partial charge in [0.05, 0.1) is 12.1 Å². The maximum Gasteiger partial charge on any atom is 0.311 e. The number of fused-ring (bicyclic) bond motifs is 2. The fourth-order valence-corrected chi connectivity index (χ4v) is 6.02. The third kappa shape index (κ3) is 5.82. The Morgan fingerprint density at radius 2 is 2.18 bits per heavy atom. The van der Waals surface area contributed by atoms with Gasteiger partial charge in [-0.1, -0.05) is 18.2 Å². The zero-order chi connectivity index (χ0) is 23.5. The number of aromatic nitrogens is 4. The summed E-state index contributed by atoms with van der Waals surface area (Å²) in [4.78, 5) is 11.1. The van der Waals surface area contributed by atoms with Crippen LogP contribution in [0, 0.1) is 11.8 Å². The van der Waals surface area contributed by atoms with Crippen LogP contribution in [-0.2, 0) is 24.3 Å². The molecule has 3 unspecified atom stereocenters. The summed E-state index contributed by atoms with van der Waals surface area (Å²) in [6.45, 7) is 4.15. The minimum atomic E-state index is -0.931. The topological polar surface area (TPSA) is 125 Å². The normalized spacial score (nSPS) is 26.5. The molecule has 0 radical (unpaired) electrons. The highest BCUT2D eigenvalue weighted by molar-refractivity contribution is 5.68. The molecule has 1 aromatic carbocycles. The van der Waals surface area contributed by atoms with Gasteiger partial charge in [0.1, 0.15) is 6.42 Å². The van der Waals surface area contributed by atoms with Gasteiger partial charge in [0.25, 0.3) is 0 Å². The van der Waals surface area contributed by atoms with Gasteiger partial charge in [0, 0.05) is 13.1 Å². The molecule has 9 heteroatoms. The number of rotatable bonds is 11. The van der Waals surface area contributed by atoms with Gasteiger partial charge in [-0.25, -0.2) is 4.68 Å². The fourth-order valence-electron chi connectivity index (χ4n) is 6.02. The smallest absolute Gasteiger partial charge is 0.311 e. The van der Waals surface area contributed by atoms with Crippen LogP contribution in [0.5, 0.6) is 0 Å². The molecule has 34 heavy (non-hydrogen) atoms. The first-order valence-electron chi connectivity index (χ1n) is 12.7. The van der Waals surface area contributed by atoms with Crippen LogP contribution in [0.1, 0.15) is 73.4 Å². The van der Waals surface area contributed by atoms with E-state index in [-0.39, 0.29) is 6.42 Å². The van der Waals surface area contributed by atoms with E-state index in [0.29, 0.717) is 30.1 Å². The molecule has 2 bridgehead atoms. The van der Waals surface area contributed by atoms with Crippen molar-refractivity contribution in [2.75, 3.05) is 19.6 Å². The van der Waals surface area contributed by atoms with Crippen molar-refractivity contribution in [3.05, 3.63) is 40.7 Å². The standard InChI is InChI=1S/C25H36N6O3/c32-24(33)10-23-28-29-30-31(23)15-21-4-3-18(9-22(21)20-5-6-20)13-26-7-1-2-17-8-19-12-25(34,11-17)16-27-14-19/h3-4,9,17,19-20,26-27,34H,1-2,5-8,10-16H2,(H,32,33). The van der Waals surface area contributed by atoms with E-state index in [2.05, 4.69) is 44.4 Å². The molecule has 4 N–H and O–H groups in total. The SMILES string of the molecule is O=C(O)Cc1nnnn1Cc1ccc(CNCCCC2CC3CNCC(O)(C2)C3)cc1C1CC1. The molecular formula is C25H36N6O3. The maximum atomic E-state index is 11.1. The number of nitrogens with zero attached hydrogens (tertiary/aromatic N) is 4. The molecule has 0 spiro atoms. The van der Waals surface area contributed by atoms with Gasteiger partial charge < -0.3 is 20.8 Å². The van der Waals surface area contributed by atoms with Gasteiger partial charge in [-0.05, 0) is 103 Å². The largest absolute Gasteiger partial charge is 0.481 e. The molecule has 3 atom stereocenters. The molecule has 1 aliphatic heterocycles. The molecule has 5 rings (SSSR count). The lowest BCUT2D eigenvalue weighted by Crippen LogP contribution is -2.53. The molecule has 3 fully saturated rings. The lowest BCUT2D eigenvalue weighted by Gasteiger charge is -2.45. The van der Waals surface area contributed by atoms with Crippen LogP contribution >= 0.6 is 0 Å². The first-order valence-corrected chi connectivity index (χ1v) is 12.7. The summed E-state index contributed by atoms with van der Waals surface area (Å²) in [5.74, 6) is 1.31. The fraction of sp³-hybridized carbons (Fsp3) is 0.680. The minimum absolute atomic E-state index is 0.175. The Hall–Kier alpha value is -2.36. The van der Waals surface area contributed by atoms with Gasteiger partial charge >= 0.3 is 5.97 Å². The molecule has 2 heterocycles. The van der Waals surface area contributed by atoms with Crippen LogP contribution in [-0.4, -0.2) is 61.6 Å². The molecule has 2 aromatic rings. The monoisotopic (exact) mass is 468 g/mol.